The first-order valence-corrected chi connectivity index (χ1v) is 8.89. The van der Waals surface area contributed by atoms with Gasteiger partial charge < -0.3 is 9.05 Å². The van der Waals surface area contributed by atoms with Gasteiger partial charge in [0.05, 0.1) is 19.4 Å². The van der Waals surface area contributed by atoms with E-state index in [-0.39, 0.29) is 23.5 Å². The highest BCUT2D eigenvalue weighted by atomic mass is 31.2. The molecule has 0 aliphatic carbocycles. The van der Waals surface area contributed by atoms with E-state index in [4.69, 9.17) is 9.05 Å². The van der Waals surface area contributed by atoms with Crippen LogP contribution >= 0.6 is 7.60 Å². The molecule has 0 amide bonds. The van der Waals surface area contributed by atoms with Crippen LogP contribution in [0.1, 0.15) is 48.0 Å². The number of carbonyl (C=O) groups excluding carboxylic acids is 1. The molecule has 0 N–H and O–H groups in total. The maximum Gasteiger partial charge on any atom is 0.330 e. The molecule has 0 aliphatic rings. The third-order valence-corrected chi connectivity index (χ3v) is 5.38. The van der Waals surface area contributed by atoms with Gasteiger partial charge in [0.2, 0.25) is 0 Å². The van der Waals surface area contributed by atoms with Crippen molar-refractivity contribution in [1.29, 1.82) is 0 Å². The average Bonchev–Trinajstić information content (AvgIpc) is 2.28. The molecule has 0 aromatic rings. The van der Waals surface area contributed by atoms with Crippen LogP contribution in [0.4, 0.5) is 0 Å². The minimum atomic E-state index is -3.07. The van der Waals surface area contributed by atoms with Gasteiger partial charge in [-0.3, -0.25) is 9.36 Å². The second kappa shape index (κ2) is 8.89. The molecule has 0 saturated carbocycles. The highest BCUT2D eigenvalue weighted by Crippen LogP contribution is 2.51. The van der Waals surface area contributed by atoms with Gasteiger partial charge in [0.1, 0.15) is 5.78 Å². The molecule has 0 aliphatic heterocycles. The molecule has 0 aromatic carbocycles. The maximum atomic E-state index is 12.5. The molecular formula is C14H29O4P. The molecule has 5 heteroatoms. The van der Waals surface area contributed by atoms with E-state index in [1.54, 1.807) is 13.8 Å². The Balaban J connectivity index is 4.80. The summed E-state index contributed by atoms with van der Waals surface area (Å²) in [6.45, 7) is 12.2. The molecule has 4 nitrogen and oxygen atoms in total. The monoisotopic (exact) mass is 292 g/mol. The first kappa shape index (κ1) is 18.8. The van der Waals surface area contributed by atoms with Gasteiger partial charge in [-0.05, 0) is 25.7 Å². The molecule has 0 bridgehead atoms. The second-order valence-electron chi connectivity index (χ2n) is 5.46. The number of Topliss-reactive ketones (excluding diaryl/α,β-unsaturated/α-hetero) is 1. The molecule has 0 saturated heterocycles. The number of hydrogen-bond donors (Lipinski definition) is 0. The van der Waals surface area contributed by atoms with Gasteiger partial charge in [-0.15, -0.1) is 0 Å². The van der Waals surface area contributed by atoms with Gasteiger partial charge in [0.25, 0.3) is 0 Å². The van der Waals surface area contributed by atoms with Crippen LogP contribution in [-0.2, 0) is 18.4 Å². The molecule has 114 valence electrons. The topological polar surface area (TPSA) is 52.6 Å². The molecule has 0 unspecified atom stereocenters. The van der Waals surface area contributed by atoms with E-state index in [1.807, 2.05) is 27.7 Å². The van der Waals surface area contributed by atoms with E-state index < -0.39 is 7.60 Å². The zero-order chi connectivity index (χ0) is 15.1. The van der Waals surface area contributed by atoms with Crippen LogP contribution < -0.4 is 0 Å². The molecule has 0 spiro atoms. The van der Waals surface area contributed by atoms with E-state index in [2.05, 4.69) is 0 Å². The zero-order valence-electron chi connectivity index (χ0n) is 13.1. The summed E-state index contributed by atoms with van der Waals surface area (Å²) in [4.78, 5) is 11.9. The molecule has 0 fully saturated rings. The van der Waals surface area contributed by atoms with Gasteiger partial charge in [-0.1, -0.05) is 27.7 Å². The summed E-state index contributed by atoms with van der Waals surface area (Å²) in [6.07, 6.45) is 0.768. The Labute approximate surface area is 117 Å². The maximum absolute atomic E-state index is 12.5. The van der Waals surface area contributed by atoms with Crippen LogP contribution in [0.2, 0.25) is 0 Å². The van der Waals surface area contributed by atoms with Crippen LogP contribution in [0.5, 0.6) is 0 Å². The van der Waals surface area contributed by atoms with Crippen molar-refractivity contribution in [2.45, 2.75) is 48.0 Å². The van der Waals surface area contributed by atoms with Gasteiger partial charge in [0.15, 0.2) is 0 Å². The summed E-state index contributed by atoms with van der Waals surface area (Å²) in [5, 5.41) is 0. The lowest BCUT2D eigenvalue weighted by Gasteiger charge is -2.25. The highest BCUT2D eigenvalue weighted by molar-refractivity contribution is 7.53. The Hall–Kier alpha value is -0.180. The fourth-order valence-corrected chi connectivity index (χ4v) is 4.03. The predicted octanol–water partition coefficient (Wildman–Crippen LogP) is 4.14. The lowest BCUT2D eigenvalue weighted by molar-refractivity contribution is -0.123. The van der Waals surface area contributed by atoms with E-state index in [0.717, 1.165) is 0 Å². The van der Waals surface area contributed by atoms with E-state index >= 15 is 0 Å². The third-order valence-electron chi connectivity index (χ3n) is 3.16. The number of hydrogen-bond acceptors (Lipinski definition) is 4. The Morgan fingerprint density at radius 2 is 1.53 bits per heavy atom. The van der Waals surface area contributed by atoms with Gasteiger partial charge in [-0.25, -0.2) is 0 Å². The quantitative estimate of drug-likeness (QED) is 0.568. The molecule has 0 rings (SSSR count). The van der Waals surface area contributed by atoms with Crippen molar-refractivity contribution in [3.05, 3.63) is 0 Å². The standard InChI is InChI=1S/C14H29O4P/c1-7-17-19(16,18-8-2)10-13(11(3)4)9-14(15)12(5)6/h11-13H,7-10H2,1-6H3/t13-/m1/s1. The van der Waals surface area contributed by atoms with Gasteiger partial charge in [-0.2, -0.15) is 0 Å². The molecule has 1 atom stereocenters. The lowest BCUT2D eigenvalue weighted by Crippen LogP contribution is -2.22. The fraction of sp³-hybridized carbons (Fsp3) is 0.929. The zero-order valence-corrected chi connectivity index (χ0v) is 14.0. The summed E-state index contributed by atoms with van der Waals surface area (Å²) >= 11 is 0. The van der Waals surface area contributed by atoms with Crippen molar-refractivity contribution in [1.82, 2.24) is 0 Å². The van der Waals surface area contributed by atoms with Crippen molar-refractivity contribution in [2.24, 2.45) is 17.8 Å². The third kappa shape index (κ3) is 7.24. The van der Waals surface area contributed by atoms with Crippen LogP contribution in [0.25, 0.3) is 0 Å². The van der Waals surface area contributed by atoms with Gasteiger partial charge in [0, 0.05) is 12.3 Å². The smallest absolute Gasteiger partial charge is 0.309 e. The minimum absolute atomic E-state index is 0.0137. The minimum Gasteiger partial charge on any atom is -0.309 e. The lowest BCUT2D eigenvalue weighted by atomic mass is 9.89. The van der Waals surface area contributed by atoms with Crippen LogP contribution in [0.15, 0.2) is 0 Å². The van der Waals surface area contributed by atoms with Crippen molar-refractivity contribution < 1.29 is 18.4 Å². The summed E-state index contributed by atoms with van der Waals surface area (Å²) < 4.78 is 23.2. The molecule has 0 heterocycles. The normalized spacial score (nSPS) is 14.1. The van der Waals surface area contributed by atoms with Crippen molar-refractivity contribution >= 4 is 13.4 Å². The summed E-state index contributed by atoms with van der Waals surface area (Å²) in [5.74, 6) is 0.536. The summed E-state index contributed by atoms with van der Waals surface area (Å²) in [5.41, 5.74) is 0. The number of carbonyl (C=O) groups is 1. The molecule has 0 radical (unpaired) electrons. The highest BCUT2D eigenvalue weighted by Gasteiger charge is 2.31. The SMILES string of the molecule is CCOP(=O)(C[C@@H](CC(=O)C(C)C)C(C)C)OCC. The molecular weight excluding hydrogens is 263 g/mol. The van der Waals surface area contributed by atoms with Crippen molar-refractivity contribution in [2.75, 3.05) is 19.4 Å². The number of ketones is 1. The average molecular weight is 292 g/mol. The second-order valence-corrected chi connectivity index (χ2v) is 7.56. The Morgan fingerprint density at radius 3 is 1.84 bits per heavy atom. The first-order chi connectivity index (χ1) is 8.75. The molecule has 0 aromatic heterocycles. The first-order valence-electron chi connectivity index (χ1n) is 7.16. The Kier molecular flexibility index (Phi) is 8.80. The number of rotatable bonds is 10. The summed E-state index contributed by atoms with van der Waals surface area (Å²) in [6, 6.07) is 0. The van der Waals surface area contributed by atoms with E-state index in [1.165, 1.54) is 0 Å². The van der Waals surface area contributed by atoms with Crippen molar-refractivity contribution in [3.8, 4) is 0 Å². The van der Waals surface area contributed by atoms with Gasteiger partial charge >= 0.3 is 7.60 Å². The van der Waals surface area contributed by atoms with E-state index in [0.29, 0.717) is 25.8 Å². The fourth-order valence-electron chi connectivity index (χ4n) is 1.83. The Bertz CT molecular complexity index is 303. The van der Waals surface area contributed by atoms with Crippen LogP contribution in [-0.4, -0.2) is 25.2 Å². The van der Waals surface area contributed by atoms with E-state index in [9.17, 15) is 9.36 Å². The van der Waals surface area contributed by atoms with Crippen LogP contribution in [0.3, 0.4) is 0 Å². The Morgan fingerprint density at radius 1 is 1.05 bits per heavy atom. The van der Waals surface area contributed by atoms with Crippen LogP contribution in [0, 0.1) is 17.8 Å². The summed E-state index contributed by atoms with van der Waals surface area (Å²) in [7, 11) is -3.07. The molecule has 19 heavy (non-hydrogen) atoms. The predicted molar refractivity (Wildman–Crippen MR) is 78.5 cm³/mol. The largest absolute Gasteiger partial charge is 0.330 e. The van der Waals surface area contributed by atoms with Crippen molar-refractivity contribution in [3.63, 3.8) is 0 Å².